The Bertz CT molecular complexity index is 593. The molecule has 2 rings (SSSR count). The van der Waals surface area contributed by atoms with Gasteiger partial charge in [-0.25, -0.2) is 4.98 Å². The molecule has 19 heavy (non-hydrogen) atoms. The summed E-state index contributed by atoms with van der Waals surface area (Å²) in [7, 11) is 1.63. The molecule has 0 saturated carbocycles. The molecule has 0 aliphatic carbocycles. The predicted octanol–water partition coefficient (Wildman–Crippen LogP) is 4.77. The normalized spacial score (nSPS) is 10.3. The van der Waals surface area contributed by atoms with E-state index in [1.54, 1.807) is 19.4 Å². The number of nitrogens with zero attached hydrogens (tertiary/aromatic N) is 1. The molecule has 2 aromatic rings. The standard InChI is InChI=1S/C13H11BrCl2N2O/c1-19-12-3-2-10(15)4-8(12)6-17-11-5-9(14)7-18-13(11)16/h2-5,7,17H,6H2,1H3. The van der Waals surface area contributed by atoms with Crippen molar-refractivity contribution >= 4 is 44.8 Å². The van der Waals surface area contributed by atoms with Crippen molar-refractivity contribution in [2.75, 3.05) is 12.4 Å². The number of pyridine rings is 1. The molecule has 0 atom stereocenters. The summed E-state index contributed by atoms with van der Waals surface area (Å²) < 4.78 is 6.14. The number of aromatic nitrogens is 1. The fourth-order valence-corrected chi connectivity index (χ4v) is 2.32. The van der Waals surface area contributed by atoms with Crippen molar-refractivity contribution in [2.45, 2.75) is 6.54 Å². The third-order valence-corrected chi connectivity index (χ3v) is 3.49. The van der Waals surface area contributed by atoms with Crippen LogP contribution in [0.15, 0.2) is 34.9 Å². The maximum atomic E-state index is 6.02. The summed E-state index contributed by atoms with van der Waals surface area (Å²) in [6, 6.07) is 7.34. The van der Waals surface area contributed by atoms with Gasteiger partial charge in [-0.05, 0) is 40.2 Å². The first kappa shape index (κ1) is 14.4. The van der Waals surface area contributed by atoms with E-state index in [4.69, 9.17) is 27.9 Å². The number of nitrogens with one attached hydrogen (secondary N) is 1. The topological polar surface area (TPSA) is 34.1 Å². The SMILES string of the molecule is COc1ccc(Cl)cc1CNc1cc(Br)cnc1Cl. The molecule has 0 fully saturated rings. The highest BCUT2D eigenvalue weighted by Crippen LogP contribution is 2.26. The quantitative estimate of drug-likeness (QED) is 0.796. The zero-order chi connectivity index (χ0) is 13.8. The second kappa shape index (κ2) is 6.46. The van der Waals surface area contributed by atoms with Crippen molar-refractivity contribution < 1.29 is 4.74 Å². The molecule has 0 bridgehead atoms. The lowest BCUT2D eigenvalue weighted by Crippen LogP contribution is -2.03. The molecule has 1 aromatic carbocycles. The zero-order valence-electron chi connectivity index (χ0n) is 10.1. The van der Waals surface area contributed by atoms with Crippen LogP contribution in [0.2, 0.25) is 10.2 Å². The predicted molar refractivity (Wildman–Crippen MR) is 82.3 cm³/mol. The summed E-state index contributed by atoms with van der Waals surface area (Å²) >= 11 is 15.4. The highest BCUT2D eigenvalue weighted by Gasteiger charge is 2.06. The molecule has 0 aliphatic heterocycles. The van der Waals surface area contributed by atoms with Gasteiger partial charge in [0, 0.05) is 27.8 Å². The van der Waals surface area contributed by atoms with Crippen molar-refractivity contribution in [3.05, 3.63) is 50.7 Å². The lowest BCUT2D eigenvalue weighted by molar-refractivity contribution is 0.410. The van der Waals surface area contributed by atoms with Crippen LogP contribution in [-0.2, 0) is 6.54 Å². The van der Waals surface area contributed by atoms with Gasteiger partial charge in [-0.2, -0.15) is 0 Å². The number of ether oxygens (including phenoxy) is 1. The van der Waals surface area contributed by atoms with E-state index in [1.807, 2.05) is 18.2 Å². The Labute approximate surface area is 130 Å². The van der Waals surface area contributed by atoms with Crippen LogP contribution in [0.1, 0.15) is 5.56 Å². The Morgan fingerprint density at radius 3 is 2.84 bits per heavy atom. The fraction of sp³-hybridized carbons (Fsp3) is 0.154. The number of hydrogen-bond donors (Lipinski definition) is 1. The monoisotopic (exact) mass is 360 g/mol. The maximum Gasteiger partial charge on any atom is 0.152 e. The Morgan fingerprint density at radius 1 is 1.32 bits per heavy atom. The van der Waals surface area contributed by atoms with E-state index in [0.717, 1.165) is 21.5 Å². The molecule has 0 unspecified atom stereocenters. The van der Waals surface area contributed by atoms with Crippen molar-refractivity contribution in [3.63, 3.8) is 0 Å². The molecule has 0 saturated heterocycles. The molecular formula is C13H11BrCl2N2O. The van der Waals surface area contributed by atoms with E-state index in [-0.39, 0.29) is 0 Å². The highest BCUT2D eigenvalue weighted by atomic mass is 79.9. The molecule has 1 N–H and O–H groups in total. The van der Waals surface area contributed by atoms with E-state index in [2.05, 4.69) is 26.2 Å². The van der Waals surface area contributed by atoms with Gasteiger partial charge in [-0.3, -0.25) is 0 Å². The van der Waals surface area contributed by atoms with Gasteiger partial charge >= 0.3 is 0 Å². The van der Waals surface area contributed by atoms with Crippen LogP contribution >= 0.6 is 39.1 Å². The number of methoxy groups -OCH3 is 1. The van der Waals surface area contributed by atoms with E-state index in [9.17, 15) is 0 Å². The Balaban J connectivity index is 2.18. The maximum absolute atomic E-state index is 6.02. The minimum absolute atomic E-state index is 0.421. The largest absolute Gasteiger partial charge is 0.496 e. The zero-order valence-corrected chi connectivity index (χ0v) is 13.2. The third kappa shape index (κ3) is 3.75. The van der Waals surface area contributed by atoms with Gasteiger partial charge in [0.05, 0.1) is 12.8 Å². The smallest absolute Gasteiger partial charge is 0.152 e. The number of anilines is 1. The first-order valence-electron chi connectivity index (χ1n) is 5.47. The number of rotatable bonds is 4. The summed E-state index contributed by atoms with van der Waals surface area (Å²) in [5, 5.41) is 4.29. The van der Waals surface area contributed by atoms with Crippen LogP contribution in [-0.4, -0.2) is 12.1 Å². The van der Waals surface area contributed by atoms with Crippen LogP contribution in [0.3, 0.4) is 0 Å². The van der Waals surface area contributed by atoms with Crippen LogP contribution < -0.4 is 10.1 Å². The molecular weight excluding hydrogens is 351 g/mol. The van der Waals surface area contributed by atoms with Gasteiger partial charge in [0.1, 0.15) is 5.75 Å². The van der Waals surface area contributed by atoms with Gasteiger partial charge < -0.3 is 10.1 Å². The van der Waals surface area contributed by atoms with Crippen LogP contribution in [0.4, 0.5) is 5.69 Å². The molecule has 0 amide bonds. The number of benzene rings is 1. The molecule has 6 heteroatoms. The molecule has 0 spiro atoms. The summed E-state index contributed by atoms with van der Waals surface area (Å²) in [5.74, 6) is 0.774. The second-order valence-corrected chi connectivity index (χ2v) is 5.51. The lowest BCUT2D eigenvalue weighted by Gasteiger charge is -2.12. The minimum Gasteiger partial charge on any atom is -0.496 e. The molecule has 1 heterocycles. The first-order chi connectivity index (χ1) is 9.10. The lowest BCUT2D eigenvalue weighted by atomic mass is 10.2. The summed E-state index contributed by atoms with van der Waals surface area (Å²) in [4.78, 5) is 4.05. The average Bonchev–Trinajstić information content (AvgIpc) is 2.40. The summed E-state index contributed by atoms with van der Waals surface area (Å²) in [6.07, 6.45) is 1.65. The Kier molecular flexibility index (Phi) is 4.91. The minimum atomic E-state index is 0.421. The van der Waals surface area contributed by atoms with Crippen LogP contribution in [0.5, 0.6) is 5.75 Å². The van der Waals surface area contributed by atoms with E-state index >= 15 is 0 Å². The first-order valence-corrected chi connectivity index (χ1v) is 7.02. The Morgan fingerprint density at radius 2 is 2.11 bits per heavy atom. The summed E-state index contributed by atoms with van der Waals surface area (Å²) in [6.45, 7) is 0.543. The molecule has 3 nitrogen and oxygen atoms in total. The van der Waals surface area contributed by atoms with Crippen LogP contribution in [0.25, 0.3) is 0 Å². The van der Waals surface area contributed by atoms with Crippen molar-refractivity contribution in [1.29, 1.82) is 0 Å². The highest BCUT2D eigenvalue weighted by molar-refractivity contribution is 9.10. The van der Waals surface area contributed by atoms with Gasteiger partial charge in [0.25, 0.3) is 0 Å². The van der Waals surface area contributed by atoms with E-state index < -0.39 is 0 Å². The molecule has 0 radical (unpaired) electrons. The molecule has 1 aromatic heterocycles. The van der Waals surface area contributed by atoms with Crippen LogP contribution in [0, 0.1) is 0 Å². The second-order valence-electron chi connectivity index (χ2n) is 3.80. The third-order valence-electron chi connectivity index (χ3n) is 2.52. The van der Waals surface area contributed by atoms with E-state index in [1.165, 1.54) is 0 Å². The average molecular weight is 362 g/mol. The summed E-state index contributed by atoms with van der Waals surface area (Å²) in [5.41, 5.74) is 1.70. The number of hydrogen-bond acceptors (Lipinski definition) is 3. The van der Waals surface area contributed by atoms with E-state index in [0.29, 0.717) is 16.7 Å². The van der Waals surface area contributed by atoms with Gasteiger partial charge in [0.2, 0.25) is 0 Å². The van der Waals surface area contributed by atoms with Gasteiger partial charge in [-0.1, -0.05) is 23.2 Å². The Hall–Kier alpha value is -0.970. The van der Waals surface area contributed by atoms with Gasteiger partial charge in [-0.15, -0.1) is 0 Å². The molecule has 0 aliphatic rings. The molecule has 100 valence electrons. The van der Waals surface area contributed by atoms with Crippen molar-refractivity contribution in [2.24, 2.45) is 0 Å². The van der Waals surface area contributed by atoms with Crippen molar-refractivity contribution in [3.8, 4) is 5.75 Å². The van der Waals surface area contributed by atoms with Gasteiger partial charge in [0.15, 0.2) is 5.15 Å². The number of halogens is 3. The van der Waals surface area contributed by atoms with Crippen molar-refractivity contribution in [1.82, 2.24) is 4.98 Å². The fourth-order valence-electron chi connectivity index (χ4n) is 1.62.